The van der Waals surface area contributed by atoms with Gasteiger partial charge in [-0.25, -0.2) is 0 Å². The Kier molecular flexibility index (Phi) is 2.92. The minimum atomic E-state index is -4.44. The molecule has 90 valence electrons. The van der Waals surface area contributed by atoms with Gasteiger partial charge in [0.2, 0.25) is 0 Å². The summed E-state index contributed by atoms with van der Waals surface area (Å²) in [6.45, 7) is -0.403. The number of aromatic nitrogens is 2. The highest BCUT2D eigenvalue weighted by Gasteiger charge is 2.35. The van der Waals surface area contributed by atoms with Gasteiger partial charge in [-0.2, -0.15) is 18.3 Å². The number of halogens is 3. The highest BCUT2D eigenvalue weighted by atomic mass is 19.4. The first kappa shape index (κ1) is 11.4. The molecule has 0 bridgehead atoms. The van der Waals surface area contributed by atoms with E-state index in [9.17, 15) is 13.2 Å². The van der Waals surface area contributed by atoms with Crippen molar-refractivity contribution < 1.29 is 18.3 Å². The fourth-order valence-corrected chi connectivity index (χ4v) is 2.15. The lowest BCUT2D eigenvalue weighted by molar-refractivity contribution is -0.141. The van der Waals surface area contributed by atoms with E-state index in [1.807, 2.05) is 0 Å². The van der Waals surface area contributed by atoms with Gasteiger partial charge in [0.05, 0.1) is 18.3 Å². The molecule has 1 N–H and O–H groups in total. The van der Waals surface area contributed by atoms with Gasteiger partial charge >= 0.3 is 6.18 Å². The van der Waals surface area contributed by atoms with Gasteiger partial charge in [-0.3, -0.25) is 4.68 Å². The largest absolute Gasteiger partial charge is 0.435 e. The molecule has 16 heavy (non-hydrogen) atoms. The zero-order valence-corrected chi connectivity index (χ0v) is 8.67. The summed E-state index contributed by atoms with van der Waals surface area (Å²) >= 11 is 0. The van der Waals surface area contributed by atoms with Crippen LogP contribution in [0.15, 0.2) is 6.07 Å². The molecule has 0 radical (unpaired) electrons. The summed E-state index contributed by atoms with van der Waals surface area (Å²) in [5.41, 5.74) is -0.664. The van der Waals surface area contributed by atoms with Crippen molar-refractivity contribution in [2.75, 3.05) is 0 Å². The molecular formula is C10H13F3N2O. The molecule has 0 atom stereocenters. The van der Waals surface area contributed by atoms with Crippen molar-refractivity contribution >= 4 is 0 Å². The van der Waals surface area contributed by atoms with Crippen LogP contribution in [-0.4, -0.2) is 14.9 Å². The molecule has 1 fully saturated rings. The van der Waals surface area contributed by atoms with Crippen LogP contribution in [0.3, 0.4) is 0 Å². The smallest absolute Gasteiger partial charge is 0.390 e. The zero-order chi connectivity index (χ0) is 11.8. The molecule has 0 aromatic carbocycles. The Hall–Kier alpha value is -1.04. The Bertz CT molecular complexity index is 367. The van der Waals surface area contributed by atoms with Gasteiger partial charge in [0.25, 0.3) is 0 Å². The van der Waals surface area contributed by atoms with Crippen molar-refractivity contribution in [2.24, 2.45) is 0 Å². The summed E-state index contributed by atoms with van der Waals surface area (Å²) in [6.07, 6.45) is -0.737. The molecule has 1 aliphatic carbocycles. The van der Waals surface area contributed by atoms with Gasteiger partial charge in [0.1, 0.15) is 0 Å². The van der Waals surface area contributed by atoms with Crippen LogP contribution in [0.25, 0.3) is 0 Å². The SMILES string of the molecule is OCc1cc(C(F)(F)F)nn1C1CCCC1. The summed E-state index contributed by atoms with van der Waals surface area (Å²) in [6, 6.07) is 0.941. The predicted molar refractivity (Wildman–Crippen MR) is 50.7 cm³/mol. The quantitative estimate of drug-likeness (QED) is 0.853. The van der Waals surface area contributed by atoms with Gasteiger partial charge in [0.15, 0.2) is 5.69 Å². The van der Waals surface area contributed by atoms with Crippen molar-refractivity contribution in [3.05, 3.63) is 17.5 Å². The van der Waals surface area contributed by atoms with E-state index in [0.717, 1.165) is 31.7 Å². The number of hydrogen-bond acceptors (Lipinski definition) is 2. The Morgan fingerprint density at radius 3 is 2.50 bits per heavy atom. The standard InChI is InChI=1S/C10H13F3N2O/c11-10(12,13)9-5-8(6-16)15(14-9)7-3-1-2-4-7/h5,7,16H,1-4,6H2. The van der Waals surface area contributed by atoms with E-state index in [2.05, 4.69) is 5.10 Å². The minimum Gasteiger partial charge on any atom is -0.390 e. The molecule has 1 heterocycles. The highest BCUT2D eigenvalue weighted by molar-refractivity contribution is 5.13. The highest BCUT2D eigenvalue weighted by Crippen LogP contribution is 2.34. The number of alkyl halides is 3. The van der Waals surface area contributed by atoms with Crippen LogP contribution < -0.4 is 0 Å². The number of nitrogens with zero attached hydrogens (tertiary/aromatic N) is 2. The molecule has 6 heteroatoms. The Labute approximate surface area is 90.9 Å². The van der Waals surface area contributed by atoms with E-state index in [-0.39, 0.29) is 11.7 Å². The topological polar surface area (TPSA) is 38.1 Å². The summed E-state index contributed by atoms with van der Waals surface area (Å²) in [4.78, 5) is 0. The average molecular weight is 234 g/mol. The second-order valence-corrected chi connectivity index (χ2v) is 4.06. The van der Waals surface area contributed by atoms with E-state index < -0.39 is 18.5 Å². The van der Waals surface area contributed by atoms with E-state index in [1.54, 1.807) is 0 Å². The molecule has 0 saturated heterocycles. The maximum Gasteiger partial charge on any atom is 0.435 e. The third-order valence-electron chi connectivity index (χ3n) is 2.94. The molecule has 1 aromatic heterocycles. The van der Waals surface area contributed by atoms with Crippen LogP contribution >= 0.6 is 0 Å². The number of hydrogen-bond donors (Lipinski definition) is 1. The van der Waals surface area contributed by atoms with Crippen molar-refractivity contribution in [1.82, 2.24) is 9.78 Å². The lowest BCUT2D eigenvalue weighted by Gasteiger charge is -2.12. The van der Waals surface area contributed by atoms with E-state index >= 15 is 0 Å². The Morgan fingerprint density at radius 2 is 2.00 bits per heavy atom. The van der Waals surface area contributed by atoms with Crippen LogP contribution in [0.4, 0.5) is 13.2 Å². The monoisotopic (exact) mass is 234 g/mol. The molecule has 3 nitrogen and oxygen atoms in total. The zero-order valence-electron chi connectivity index (χ0n) is 8.67. The average Bonchev–Trinajstić information content (AvgIpc) is 2.85. The second kappa shape index (κ2) is 4.08. The molecule has 2 rings (SSSR count). The molecule has 0 aliphatic heterocycles. The van der Waals surface area contributed by atoms with Gasteiger partial charge in [-0.15, -0.1) is 0 Å². The maximum atomic E-state index is 12.4. The van der Waals surface area contributed by atoms with E-state index in [1.165, 1.54) is 4.68 Å². The van der Waals surface area contributed by atoms with Crippen LogP contribution in [0, 0.1) is 0 Å². The first-order chi connectivity index (χ1) is 7.52. The van der Waals surface area contributed by atoms with Crippen molar-refractivity contribution in [3.63, 3.8) is 0 Å². The summed E-state index contributed by atoms with van der Waals surface area (Å²) in [5.74, 6) is 0. The van der Waals surface area contributed by atoms with Gasteiger partial charge in [-0.1, -0.05) is 12.8 Å². The summed E-state index contributed by atoms with van der Waals surface area (Å²) in [5, 5.41) is 12.6. The number of aliphatic hydroxyl groups is 1. The second-order valence-electron chi connectivity index (χ2n) is 4.06. The van der Waals surface area contributed by atoms with Gasteiger partial charge in [0, 0.05) is 0 Å². The predicted octanol–water partition coefficient (Wildman–Crippen LogP) is 2.51. The van der Waals surface area contributed by atoms with E-state index in [0.29, 0.717) is 0 Å². The van der Waals surface area contributed by atoms with Crippen molar-refractivity contribution in [1.29, 1.82) is 0 Å². The molecule has 1 saturated carbocycles. The lowest BCUT2D eigenvalue weighted by Crippen LogP contribution is -2.12. The molecule has 0 spiro atoms. The summed E-state index contributed by atoms with van der Waals surface area (Å²) < 4.78 is 38.7. The third-order valence-corrected chi connectivity index (χ3v) is 2.94. The molecule has 1 aliphatic rings. The third kappa shape index (κ3) is 2.07. The van der Waals surface area contributed by atoms with Crippen LogP contribution in [-0.2, 0) is 12.8 Å². The molecule has 0 unspecified atom stereocenters. The fourth-order valence-electron chi connectivity index (χ4n) is 2.15. The normalized spacial score (nSPS) is 18.2. The molecular weight excluding hydrogens is 221 g/mol. The molecule has 0 amide bonds. The van der Waals surface area contributed by atoms with Crippen LogP contribution in [0.1, 0.15) is 43.1 Å². The van der Waals surface area contributed by atoms with E-state index in [4.69, 9.17) is 5.11 Å². The van der Waals surface area contributed by atoms with Crippen molar-refractivity contribution in [2.45, 2.75) is 44.5 Å². The molecule has 1 aromatic rings. The number of rotatable bonds is 2. The fraction of sp³-hybridized carbons (Fsp3) is 0.700. The maximum absolute atomic E-state index is 12.4. The van der Waals surface area contributed by atoms with Crippen LogP contribution in [0.2, 0.25) is 0 Å². The Balaban J connectivity index is 2.32. The summed E-state index contributed by atoms with van der Waals surface area (Å²) in [7, 11) is 0. The number of aliphatic hydroxyl groups excluding tert-OH is 1. The first-order valence-corrected chi connectivity index (χ1v) is 5.29. The minimum absolute atomic E-state index is 0.0123. The van der Waals surface area contributed by atoms with Gasteiger partial charge < -0.3 is 5.11 Å². The lowest BCUT2D eigenvalue weighted by atomic mass is 10.2. The van der Waals surface area contributed by atoms with Crippen LogP contribution in [0.5, 0.6) is 0 Å². The van der Waals surface area contributed by atoms with Gasteiger partial charge in [-0.05, 0) is 18.9 Å². The van der Waals surface area contributed by atoms with Crippen molar-refractivity contribution in [3.8, 4) is 0 Å². The first-order valence-electron chi connectivity index (χ1n) is 5.29. The Morgan fingerprint density at radius 1 is 1.38 bits per heavy atom.